The van der Waals surface area contributed by atoms with Gasteiger partial charge in [0.25, 0.3) is 0 Å². The van der Waals surface area contributed by atoms with E-state index in [0.717, 1.165) is 0 Å². The molecule has 0 aliphatic carbocycles. The highest BCUT2D eigenvalue weighted by Gasteiger charge is 2.09. The Morgan fingerprint density at radius 2 is 2.57 bits per heavy atom. The molecule has 0 aromatic rings. The fourth-order valence-corrected chi connectivity index (χ4v) is 0.778. The van der Waals surface area contributed by atoms with Crippen LogP contribution in [0.15, 0.2) is 5.10 Å². The largest absolute Gasteiger partial charge is 0.313 e. The minimum absolute atomic E-state index is 0.0509. The fraction of sp³-hybridized carbons (Fsp3) is 0.500. The normalized spacial score (nSPS) is 29.4. The summed E-state index contributed by atoms with van der Waals surface area (Å²) >= 11 is 1.29. The maximum Gasteiger partial charge on any atom is 0.112 e. The topological polar surface area (TPSA) is 67.6 Å². The van der Waals surface area contributed by atoms with Crippen LogP contribution in [0.4, 0.5) is 0 Å². The molecule has 0 saturated heterocycles. The standard InChI is InChI=1S/C2H6N4S/c3-2-1-5-6(4)7-2/h1-2H,3-4H2. The van der Waals surface area contributed by atoms with Gasteiger partial charge in [0.1, 0.15) is 5.37 Å². The third-order valence-corrected chi connectivity index (χ3v) is 1.23. The minimum atomic E-state index is -0.0509. The lowest BCUT2D eigenvalue weighted by molar-refractivity contribution is 0.547. The minimum Gasteiger partial charge on any atom is -0.313 e. The lowest BCUT2D eigenvalue weighted by Crippen LogP contribution is -2.18. The van der Waals surface area contributed by atoms with Crippen molar-refractivity contribution >= 4 is 18.2 Å². The molecule has 1 heterocycles. The van der Waals surface area contributed by atoms with Gasteiger partial charge in [-0.25, -0.2) is 5.84 Å². The molecule has 0 amide bonds. The van der Waals surface area contributed by atoms with Gasteiger partial charge in [0, 0.05) is 11.9 Å². The van der Waals surface area contributed by atoms with E-state index in [1.54, 1.807) is 6.21 Å². The Labute approximate surface area is 45.6 Å². The molecule has 4 nitrogen and oxygen atoms in total. The molecule has 0 radical (unpaired) electrons. The van der Waals surface area contributed by atoms with E-state index >= 15 is 0 Å². The highest BCUT2D eigenvalue weighted by Crippen LogP contribution is 2.12. The van der Waals surface area contributed by atoms with Crippen LogP contribution in [-0.2, 0) is 0 Å². The summed E-state index contributed by atoms with van der Waals surface area (Å²) in [6.07, 6.45) is 1.59. The molecule has 0 bridgehead atoms. The van der Waals surface area contributed by atoms with Gasteiger partial charge in [-0.1, -0.05) is 0 Å². The average Bonchev–Trinajstić information content (AvgIpc) is 1.87. The molecule has 0 aromatic carbocycles. The molecule has 0 saturated carbocycles. The molecular formula is C2H6N4S. The summed E-state index contributed by atoms with van der Waals surface area (Å²) in [5, 5.41) is 3.59. The van der Waals surface area contributed by atoms with Gasteiger partial charge in [0.05, 0.1) is 6.21 Å². The van der Waals surface area contributed by atoms with Crippen LogP contribution in [0.5, 0.6) is 0 Å². The molecule has 0 fully saturated rings. The molecule has 1 aliphatic rings. The van der Waals surface area contributed by atoms with Crippen LogP contribution >= 0.6 is 11.9 Å². The van der Waals surface area contributed by atoms with Gasteiger partial charge in [0.15, 0.2) is 0 Å². The Morgan fingerprint density at radius 1 is 1.86 bits per heavy atom. The number of nitrogens with zero attached hydrogens (tertiary/aromatic N) is 2. The molecule has 1 aliphatic heterocycles. The van der Waals surface area contributed by atoms with E-state index in [2.05, 4.69) is 5.10 Å². The van der Waals surface area contributed by atoms with Gasteiger partial charge < -0.3 is 5.73 Å². The summed E-state index contributed by atoms with van der Waals surface area (Å²) in [5.41, 5.74) is 5.32. The first-order valence-electron chi connectivity index (χ1n) is 1.80. The average molecular weight is 118 g/mol. The molecular weight excluding hydrogens is 112 g/mol. The van der Waals surface area contributed by atoms with E-state index in [1.165, 1.54) is 16.5 Å². The first kappa shape index (κ1) is 4.89. The zero-order chi connectivity index (χ0) is 5.28. The van der Waals surface area contributed by atoms with Crippen molar-refractivity contribution in [1.29, 1.82) is 0 Å². The van der Waals surface area contributed by atoms with Crippen LogP contribution in [0.1, 0.15) is 0 Å². The maximum atomic E-state index is 5.32. The Bertz CT molecular complexity index is 81.7. The van der Waals surface area contributed by atoms with E-state index in [9.17, 15) is 0 Å². The molecule has 4 N–H and O–H groups in total. The molecule has 1 atom stereocenters. The summed E-state index contributed by atoms with van der Waals surface area (Å²) in [5.74, 6) is 5.14. The first-order valence-corrected chi connectivity index (χ1v) is 2.64. The second-order valence-electron chi connectivity index (χ2n) is 1.14. The number of hydrazine groups is 1. The summed E-state index contributed by atoms with van der Waals surface area (Å²) in [7, 11) is 0. The van der Waals surface area contributed by atoms with Gasteiger partial charge in [-0.2, -0.15) is 9.62 Å². The molecule has 7 heavy (non-hydrogen) atoms. The van der Waals surface area contributed by atoms with Crippen molar-refractivity contribution in [3.63, 3.8) is 0 Å². The lowest BCUT2D eigenvalue weighted by atomic mass is 10.7. The third kappa shape index (κ3) is 1.05. The third-order valence-electron chi connectivity index (χ3n) is 0.557. The maximum absolute atomic E-state index is 5.32. The van der Waals surface area contributed by atoms with Crippen molar-refractivity contribution < 1.29 is 0 Å². The number of hydrazone groups is 1. The summed E-state index contributed by atoms with van der Waals surface area (Å²) < 4.78 is 1.24. The molecule has 5 heteroatoms. The van der Waals surface area contributed by atoms with Gasteiger partial charge in [0.2, 0.25) is 0 Å². The summed E-state index contributed by atoms with van der Waals surface area (Å²) in [4.78, 5) is 0. The SMILES string of the molecule is NC1C=NN(N)S1. The van der Waals surface area contributed by atoms with Crippen LogP contribution < -0.4 is 11.6 Å². The highest BCUT2D eigenvalue weighted by molar-refractivity contribution is 7.98. The number of hydrogen-bond acceptors (Lipinski definition) is 5. The monoisotopic (exact) mass is 118 g/mol. The van der Waals surface area contributed by atoms with Gasteiger partial charge in [-0.15, -0.1) is 0 Å². The fourth-order valence-electron chi connectivity index (χ4n) is 0.311. The van der Waals surface area contributed by atoms with Crippen LogP contribution in [0.2, 0.25) is 0 Å². The van der Waals surface area contributed by atoms with E-state index in [1.807, 2.05) is 0 Å². The predicted octanol–water partition coefficient (Wildman–Crippen LogP) is -0.905. The van der Waals surface area contributed by atoms with Crippen molar-refractivity contribution in [2.24, 2.45) is 16.7 Å². The highest BCUT2D eigenvalue weighted by atomic mass is 32.2. The summed E-state index contributed by atoms with van der Waals surface area (Å²) in [6, 6.07) is 0. The second kappa shape index (κ2) is 1.69. The Kier molecular flexibility index (Phi) is 1.18. The zero-order valence-electron chi connectivity index (χ0n) is 3.61. The molecule has 1 rings (SSSR count). The van der Waals surface area contributed by atoms with Crippen LogP contribution in [0, 0.1) is 0 Å². The van der Waals surface area contributed by atoms with Crippen molar-refractivity contribution in [2.45, 2.75) is 5.37 Å². The quantitative estimate of drug-likeness (QED) is 0.319. The number of rotatable bonds is 0. The van der Waals surface area contributed by atoms with Crippen molar-refractivity contribution in [3.05, 3.63) is 0 Å². The lowest BCUT2D eigenvalue weighted by Gasteiger charge is -2.01. The molecule has 40 valence electrons. The molecule has 0 spiro atoms. The Balaban J connectivity index is 2.42. The van der Waals surface area contributed by atoms with E-state index in [4.69, 9.17) is 11.6 Å². The number of hydrogen-bond donors (Lipinski definition) is 2. The van der Waals surface area contributed by atoms with Crippen molar-refractivity contribution in [2.75, 3.05) is 0 Å². The Hall–Kier alpha value is -0.260. The molecule has 1 unspecified atom stereocenters. The Morgan fingerprint density at radius 3 is 2.71 bits per heavy atom. The van der Waals surface area contributed by atoms with Crippen molar-refractivity contribution in [3.8, 4) is 0 Å². The first-order chi connectivity index (χ1) is 3.29. The van der Waals surface area contributed by atoms with Crippen LogP contribution in [-0.4, -0.2) is 16.1 Å². The number of nitrogens with two attached hydrogens (primary N) is 2. The van der Waals surface area contributed by atoms with Crippen molar-refractivity contribution in [1.82, 2.24) is 4.52 Å². The van der Waals surface area contributed by atoms with Gasteiger partial charge in [-0.05, 0) is 0 Å². The zero-order valence-corrected chi connectivity index (χ0v) is 4.43. The van der Waals surface area contributed by atoms with E-state index in [0.29, 0.717) is 0 Å². The summed E-state index contributed by atoms with van der Waals surface area (Å²) in [6.45, 7) is 0. The van der Waals surface area contributed by atoms with E-state index in [-0.39, 0.29) is 5.37 Å². The van der Waals surface area contributed by atoms with E-state index < -0.39 is 0 Å². The molecule has 0 aromatic heterocycles. The second-order valence-corrected chi connectivity index (χ2v) is 2.27. The predicted molar refractivity (Wildman–Crippen MR) is 30.1 cm³/mol. The van der Waals surface area contributed by atoms with Gasteiger partial charge >= 0.3 is 0 Å². The van der Waals surface area contributed by atoms with Crippen LogP contribution in [0.3, 0.4) is 0 Å². The van der Waals surface area contributed by atoms with Crippen LogP contribution in [0.25, 0.3) is 0 Å². The van der Waals surface area contributed by atoms with Gasteiger partial charge in [-0.3, -0.25) is 0 Å². The smallest absolute Gasteiger partial charge is 0.112 e.